The van der Waals surface area contributed by atoms with Crippen LogP contribution in [0.15, 0.2) is 24.3 Å². The Morgan fingerprint density at radius 3 is 1.38 bits per heavy atom. The van der Waals surface area contributed by atoms with Crippen LogP contribution < -0.4 is 5.32 Å². The first-order valence-electron chi connectivity index (χ1n) is 17.1. The lowest BCUT2D eigenvalue weighted by molar-refractivity contribution is -0.00913. The third-order valence-electron chi connectivity index (χ3n) is 7.20. The van der Waals surface area contributed by atoms with E-state index in [2.05, 4.69) is 19.2 Å². The fourth-order valence-corrected chi connectivity index (χ4v) is 4.57. The Bertz CT molecular complexity index is 699. The Morgan fingerprint density at radius 2 is 0.905 bits per heavy atom. The van der Waals surface area contributed by atoms with Gasteiger partial charge in [-0.25, -0.2) is 4.79 Å². The van der Waals surface area contributed by atoms with Crippen molar-refractivity contribution in [2.24, 2.45) is 0 Å². The van der Waals surface area contributed by atoms with E-state index in [0.717, 1.165) is 38.1 Å². The second kappa shape index (κ2) is 30.8. The van der Waals surface area contributed by atoms with Crippen molar-refractivity contribution in [3.63, 3.8) is 0 Å². The van der Waals surface area contributed by atoms with E-state index in [-0.39, 0.29) is 12.6 Å². The summed E-state index contributed by atoms with van der Waals surface area (Å²) in [6.07, 6.45) is 21.5. The van der Waals surface area contributed by atoms with Gasteiger partial charge < -0.3 is 29.0 Å². The summed E-state index contributed by atoms with van der Waals surface area (Å²) in [6.45, 7) is 10.0. The molecule has 0 heterocycles. The lowest BCUT2D eigenvalue weighted by atomic mass is 10.0. The van der Waals surface area contributed by atoms with Gasteiger partial charge in [-0.05, 0) is 37.1 Å². The van der Waals surface area contributed by atoms with Gasteiger partial charge in [0.1, 0.15) is 6.61 Å². The quantitative estimate of drug-likeness (QED) is 0.0662. The summed E-state index contributed by atoms with van der Waals surface area (Å²) in [7, 11) is 0. The SMILES string of the molecule is CCCCCCCCCCCCCCCCOCCOCCOCCOCCOC(=O)c1ccc(NCCCC)cc1. The summed E-state index contributed by atoms with van der Waals surface area (Å²) in [6, 6.07) is 7.36. The van der Waals surface area contributed by atoms with Crippen LogP contribution in [-0.2, 0) is 23.7 Å². The molecule has 1 N–H and O–H groups in total. The molecule has 0 aliphatic rings. The molecule has 7 heteroatoms. The van der Waals surface area contributed by atoms with Gasteiger partial charge >= 0.3 is 5.97 Å². The molecule has 244 valence electrons. The average molecular weight is 594 g/mol. The maximum atomic E-state index is 12.1. The summed E-state index contributed by atoms with van der Waals surface area (Å²) in [4.78, 5) is 12.1. The molecule has 0 saturated heterocycles. The minimum atomic E-state index is -0.337. The zero-order valence-corrected chi connectivity index (χ0v) is 27.1. The van der Waals surface area contributed by atoms with Crippen molar-refractivity contribution in [2.75, 3.05) is 71.3 Å². The number of benzene rings is 1. The second-order valence-electron chi connectivity index (χ2n) is 11.0. The molecule has 42 heavy (non-hydrogen) atoms. The number of ether oxygens (including phenoxy) is 5. The van der Waals surface area contributed by atoms with E-state index >= 15 is 0 Å². The number of unbranched alkanes of at least 4 members (excludes halogenated alkanes) is 14. The van der Waals surface area contributed by atoms with Gasteiger partial charge in [-0.1, -0.05) is 104 Å². The summed E-state index contributed by atoms with van der Waals surface area (Å²) in [5.74, 6) is -0.337. The molecule has 0 unspecified atom stereocenters. The van der Waals surface area contributed by atoms with Crippen molar-refractivity contribution < 1.29 is 28.5 Å². The summed E-state index contributed by atoms with van der Waals surface area (Å²) in [5, 5.41) is 3.33. The summed E-state index contributed by atoms with van der Waals surface area (Å²) < 4.78 is 27.5. The topological polar surface area (TPSA) is 75.2 Å². The lowest BCUT2D eigenvalue weighted by Gasteiger charge is -2.09. The molecule has 0 bridgehead atoms. The van der Waals surface area contributed by atoms with E-state index in [1.54, 1.807) is 12.1 Å². The van der Waals surface area contributed by atoms with E-state index in [0.29, 0.717) is 51.8 Å². The highest BCUT2D eigenvalue weighted by molar-refractivity contribution is 5.89. The molecule has 0 amide bonds. The molecule has 7 nitrogen and oxygen atoms in total. The van der Waals surface area contributed by atoms with E-state index < -0.39 is 0 Å². The van der Waals surface area contributed by atoms with Crippen LogP contribution >= 0.6 is 0 Å². The first-order chi connectivity index (χ1) is 20.8. The Hall–Kier alpha value is -1.67. The van der Waals surface area contributed by atoms with Crippen molar-refractivity contribution in [3.8, 4) is 0 Å². The van der Waals surface area contributed by atoms with Gasteiger partial charge in [0.05, 0.1) is 51.8 Å². The number of rotatable bonds is 32. The lowest BCUT2D eigenvalue weighted by Crippen LogP contribution is -2.14. The molecule has 0 aliphatic carbocycles. The van der Waals surface area contributed by atoms with Crippen molar-refractivity contribution in [3.05, 3.63) is 29.8 Å². The van der Waals surface area contributed by atoms with E-state index in [1.165, 1.54) is 83.5 Å². The van der Waals surface area contributed by atoms with E-state index in [4.69, 9.17) is 23.7 Å². The van der Waals surface area contributed by atoms with Gasteiger partial charge in [-0.15, -0.1) is 0 Å². The number of carbonyl (C=O) groups is 1. The number of carbonyl (C=O) groups excluding carboxylic acids is 1. The molecule has 0 radical (unpaired) electrons. The maximum absolute atomic E-state index is 12.1. The van der Waals surface area contributed by atoms with Crippen LogP contribution in [0.3, 0.4) is 0 Å². The first kappa shape index (κ1) is 38.4. The molecule has 0 aliphatic heterocycles. The maximum Gasteiger partial charge on any atom is 0.338 e. The van der Waals surface area contributed by atoms with Gasteiger partial charge in [0, 0.05) is 18.8 Å². The van der Waals surface area contributed by atoms with Crippen LogP contribution in [0, 0.1) is 0 Å². The van der Waals surface area contributed by atoms with Crippen molar-refractivity contribution >= 4 is 11.7 Å². The van der Waals surface area contributed by atoms with Crippen LogP contribution in [0.5, 0.6) is 0 Å². The summed E-state index contributed by atoms with van der Waals surface area (Å²) in [5.41, 5.74) is 1.55. The Balaban J connectivity index is 1.74. The van der Waals surface area contributed by atoms with Crippen molar-refractivity contribution in [2.45, 2.75) is 117 Å². The average Bonchev–Trinajstić information content (AvgIpc) is 3.01. The molecule has 1 rings (SSSR count). The summed E-state index contributed by atoms with van der Waals surface area (Å²) >= 11 is 0. The smallest absolute Gasteiger partial charge is 0.338 e. The van der Waals surface area contributed by atoms with Gasteiger partial charge in [0.25, 0.3) is 0 Å². The number of anilines is 1. The van der Waals surface area contributed by atoms with Crippen LogP contribution in [0.4, 0.5) is 5.69 Å². The molecule has 0 spiro atoms. The number of esters is 1. The van der Waals surface area contributed by atoms with Gasteiger partial charge in [0.2, 0.25) is 0 Å². The highest BCUT2D eigenvalue weighted by atomic mass is 16.6. The third kappa shape index (κ3) is 24.9. The van der Waals surface area contributed by atoms with Crippen LogP contribution in [-0.4, -0.2) is 72.0 Å². The highest BCUT2D eigenvalue weighted by Gasteiger charge is 2.06. The predicted octanol–water partition coefficient (Wildman–Crippen LogP) is 8.60. The van der Waals surface area contributed by atoms with E-state index in [9.17, 15) is 4.79 Å². The number of hydrogen-bond donors (Lipinski definition) is 1. The minimum absolute atomic E-state index is 0.220. The molecule has 0 atom stereocenters. The zero-order valence-electron chi connectivity index (χ0n) is 27.1. The standard InChI is InChI=1S/C35H63NO6/c1-3-5-7-8-9-10-11-12-13-14-15-16-17-18-24-38-25-26-39-27-28-40-29-30-41-31-32-42-35(37)33-19-21-34(22-20-33)36-23-6-4-2/h19-22,36H,3-18,23-32H2,1-2H3. The molecule has 0 aromatic heterocycles. The molecular weight excluding hydrogens is 530 g/mol. The fraction of sp³-hybridized carbons (Fsp3) is 0.800. The van der Waals surface area contributed by atoms with Gasteiger partial charge in [-0.3, -0.25) is 0 Å². The van der Waals surface area contributed by atoms with E-state index in [1.807, 2.05) is 12.1 Å². The van der Waals surface area contributed by atoms with Gasteiger partial charge in [-0.2, -0.15) is 0 Å². The normalized spacial score (nSPS) is 11.2. The van der Waals surface area contributed by atoms with Crippen LogP contribution in [0.25, 0.3) is 0 Å². The molecule has 1 aromatic rings. The van der Waals surface area contributed by atoms with Crippen molar-refractivity contribution in [1.82, 2.24) is 0 Å². The Morgan fingerprint density at radius 1 is 0.500 bits per heavy atom. The molecule has 1 aromatic carbocycles. The van der Waals surface area contributed by atoms with Crippen LogP contribution in [0.2, 0.25) is 0 Å². The number of nitrogens with one attached hydrogen (secondary N) is 1. The number of hydrogen-bond acceptors (Lipinski definition) is 7. The zero-order chi connectivity index (χ0) is 30.2. The highest BCUT2D eigenvalue weighted by Crippen LogP contribution is 2.13. The third-order valence-corrected chi connectivity index (χ3v) is 7.20. The molecule has 0 fully saturated rings. The van der Waals surface area contributed by atoms with Gasteiger partial charge in [0.15, 0.2) is 0 Å². The molecule has 0 saturated carbocycles. The Kier molecular flexibility index (Phi) is 28.1. The van der Waals surface area contributed by atoms with Crippen molar-refractivity contribution in [1.29, 1.82) is 0 Å². The largest absolute Gasteiger partial charge is 0.460 e. The fourth-order valence-electron chi connectivity index (χ4n) is 4.57. The predicted molar refractivity (Wildman–Crippen MR) is 174 cm³/mol. The Labute approximate surface area is 257 Å². The minimum Gasteiger partial charge on any atom is -0.460 e. The van der Waals surface area contributed by atoms with Crippen LogP contribution in [0.1, 0.15) is 127 Å². The second-order valence-corrected chi connectivity index (χ2v) is 11.0. The monoisotopic (exact) mass is 593 g/mol. The first-order valence-corrected chi connectivity index (χ1v) is 17.1. The molecular formula is C35H63NO6.